The summed E-state index contributed by atoms with van der Waals surface area (Å²) in [5.41, 5.74) is 5.72. The summed E-state index contributed by atoms with van der Waals surface area (Å²) in [5.74, 6) is -0.239. The Morgan fingerprint density at radius 1 is 1.60 bits per heavy atom. The first kappa shape index (κ1) is 12.4. The van der Waals surface area contributed by atoms with E-state index in [2.05, 4.69) is 5.32 Å². The van der Waals surface area contributed by atoms with Crippen molar-refractivity contribution in [3.8, 4) is 0 Å². The third-order valence-electron chi connectivity index (χ3n) is 2.31. The lowest BCUT2D eigenvalue weighted by Crippen LogP contribution is -2.42. The van der Waals surface area contributed by atoms with Crippen LogP contribution >= 0.6 is 0 Å². The second kappa shape index (κ2) is 6.05. The van der Waals surface area contributed by atoms with Crippen molar-refractivity contribution < 1.29 is 14.3 Å². The molecule has 2 unspecified atom stereocenters. The largest absolute Gasteiger partial charge is 0.379 e. The van der Waals surface area contributed by atoms with Gasteiger partial charge in [0, 0.05) is 12.6 Å². The normalized spacial score (nSPS) is 25.9. The van der Waals surface area contributed by atoms with Crippen LogP contribution < -0.4 is 11.1 Å². The molecule has 5 heteroatoms. The van der Waals surface area contributed by atoms with Gasteiger partial charge in [-0.2, -0.15) is 0 Å². The summed E-state index contributed by atoms with van der Waals surface area (Å²) in [6.45, 7) is 5.89. The van der Waals surface area contributed by atoms with Gasteiger partial charge in [0.25, 0.3) is 0 Å². The third-order valence-corrected chi connectivity index (χ3v) is 2.31. The fourth-order valence-corrected chi connectivity index (χ4v) is 1.44. The highest BCUT2D eigenvalue weighted by Gasteiger charge is 2.30. The smallest absolute Gasteiger partial charge is 0.227 e. The van der Waals surface area contributed by atoms with Gasteiger partial charge in [0.2, 0.25) is 5.91 Å². The predicted octanol–water partition coefficient (Wildman–Crippen LogP) is -0.499. The van der Waals surface area contributed by atoms with Gasteiger partial charge >= 0.3 is 0 Å². The summed E-state index contributed by atoms with van der Waals surface area (Å²) < 4.78 is 10.4. The maximum absolute atomic E-state index is 11.6. The quantitative estimate of drug-likeness (QED) is 0.608. The average molecular weight is 216 g/mol. The number of carbonyl (C=O) groups excluding carboxylic acids is 1. The molecule has 0 aliphatic carbocycles. The van der Waals surface area contributed by atoms with E-state index in [1.165, 1.54) is 0 Å². The van der Waals surface area contributed by atoms with Crippen molar-refractivity contribution in [3.63, 3.8) is 0 Å². The van der Waals surface area contributed by atoms with E-state index in [9.17, 15) is 4.79 Å². The molecule has 5 nitrogen and oxygen atoms in total. The molecule has 88 valence electrons. The Labute approximate surface area is 90.3 Å². The maximum Gasteiger partial charge on any atom is 0.227 e. The van der Waals surface area contributed by atoms with E-state index < -0.39 is 0 Å². The first-order valence-electron chi connectivity index (χ1n) is 5.34. The molecule has 0 aromatic heterocycles. The summed E-state index contributed by atoms with van der Waals surface area (Å²) in [6.07, 6.45) is 0.193. The first-order chi connectivity index (χ1) is 7.11. The number of nitrogens with two attached hydrogens (primary N) is 1. The standard InChI is InChI=1S/C10H20N2O3/c1-7(2)15-4-3-12-10(13)8-5-14-6-9(8)11/h7-9H,3-6,11H2,1-2H3,(H,12,13). The number of carbonyl (C=O) groups is 1. The van der Waals surface area contributed by atoms with E-state index in [1.54, 1.807) is 0 Å². The van der Waals surface area contributed by atoms with Gasteiger partial charge in [-0.15, -0.1) is 0 Å². The summed E-state index contributed by atoms with van der Waals surface area (Å²) >= 11 is 0. The van der Waals surface area contributed by atoms with E-state index in [-0.39, 0.29) is 24.0 Å². The Hall–Kier alpha value is -0.650. The monoisotopic (exact) mass is 216 g/mol. The Morgan fingerprint density at radius 2 is 2.33 bits per heavy atom. The molecule has 0 saturated carbocycles. The zero-order valence-electron chi connectivity index (χ0n) is 9.36. The SMILES string of the molecule is CC(C)OCCNC(=O)C1COCC1N. The lowest BCUT2D eigenvalue weighted by atomic mass is 10.0. The van der Waals surface area contributed by atoms with Crippen molar-refractivity contribution >= 4 is 5.91 Å². The molecule has 15 heavy (non-hydrogen) atoms. The minimum absolute atomic E-state index is 0.0349. The minimum atomic E-state index is -0.205. The molecule has 1 rings (SSSR count). The highest BCUT2D eigenvalue weighted by atomic mass is 16.5. The summed E-state index contributed by atoms with van der Waals surface area (Å²) in [6, 6.07) is -0.170. The molecule has 1 amide bonds. The lowest BCUT2D eigenvalue weighted by molar-refractivity contribution is -0.125. The van der Waals surface area contributed by atoms with Crippen LogP contribution in [0.3, 0.4) is 0 Å². The van der Waals surface area contributed by atoms with E-state index >= 15 is 0 Å². The summed E-state index contributed by atoms with van der Waals surface area (Å²) in [7, 11) is 0. The molecule has 1 saturated heterocycles. The summed E-state index contributed by atoms with van der Waals surface area (Å²) in [4.78, 5) is 11.6. The Kier molecular flexibility index (Phi) is 5.01. The molecule has 1 fully saturated rings. The highest BCUT2D eigenvalue weighted by Crippen LogP contribution is 2.11. The van der Waals surface area contributed by atoms with Gasteiger partial charge in [-0.05, 0) is 13.8 Å². The van der Waals surface area contributed by atoms with Gasteiger partial charge in [0.15, 0.2) is 0 Å². The number of hydrogen-bond acceptors (Lipinski definition) is 4. The van der Waals surface area contributed by atoms with Crippen LogP contribution in [0.2, 0.25) is 0 Å². The molecule has 0 bridgehead atoms. The Balaban J connectivity index is 2.13. The minimum Gasteiger partial charge on any atom is -0.379 e. The van der Waals surface area contributed by atoms with Crippen LogP contribution in [-0.4, -0.2) is 44.4 Å². The molecule has 1 aliphatic rings. The van der Waals surface area contributed by atoms with Gasteiger partial charge in [-0.1, -0.05) is 0 Å². The van der Waals surface area contributed by atoms with Crippen LogP contribution in [0.5, 0.6) is 0 Å². The topological polar surface area (TPSA) is 73.6 Å². The fourth-order valence-electron chi connectivity index (χ4n) is 1.44. The van der Waals surface area contributed by atoms with Crippen molar-refractivity contribution in [1.29, 1.82) is 0 Å². The highest BCUT2D eigenvalue weighted by molar-refractivity contribution is 5.79. The zero-order chi connectivity index (χ0) is 11.3. The van der Waals surface area contributed by atoms with Crippen molar-refractivity contribution in [1.82, 2.24) is 5.32 Å². The lowest BCUT2D eigenvalue weighted by Gasteiger charge is -2.14. The first-order valence-corrected chi connectivity index (χ1v) is 5.34. The number of nitrogens with one attached hydrogen (secondary N) is 1. The van der Waals surface area contributed by atoms with Gasteiger partial charge in [0.1, 0.15) is 0 Å². The fraction of sp³-hybridized carbons (Fsp3) is 0.900. The number of ether oxygens (including phenoxy) is 2. The molecule has 2 atom stereocenters. The van der Waals surface area contributed by atoms with Crippen LogP contribution in [0.25, 0.3) is 0 Å². The molecular formula is C10H20N2O3. The number of hydrogen-bond donors (Lipinski definition) is 2. The molecule has 0 radical (unpaired) electrons. The van der Waals surface area contributed by atoms with Gasteiger partial charge < -0.3 is 20.5 Å². The predicted molar refractivity (Wildman–Crippen MR) is 56.4 cm³/mol. The van der Waals surface area contributed by atoms with E-state index in [0.29, 0.717) is 26.4 Å². The Morgan fingerprint density at radius 3 is 2.87 bits per heavy atom. The van der Waals surface area contributed by atoms with E-state index in [0.717, 1.165) is 0 Å². The van der Waals surface area contributed by atoms with Crippen molar-refractivity contribution in [2.45, 2.75) is 26.0 Å². The molecular weight excluding hydrogens is 196 g/mol. The molecule has 3 N–H and O–H groups in total. The van der Waals surface area contributed by atoms with E-state index in [4.69, 9.17) is 15.2 Å². The zero-order valence-corrected chi connectivity index (χ0v) is 9.36. The van der Waals surface area contributed by atoms with Crippen molar-refractivity contribution in [2.24, 2.45) is 11.7 Å². The van der Waals surface area contributed by atoms with Crippen LogP contribution in [0.4, 0.5) is 0 Å². The van der Waals surface area contributed by atoms with Crippen LogP contribution in [0.1, 0.15) is 13.8 Å². The average Bonchev–Trinajstić information content (AvgIpc) is 2.58. The number of amides is 1. The molecule has 0 aromatic carbocycles. The van der Waals surface area contributed by atoms with Crippen LogP contribution in [-0.2, 0) is 14.3 Å². The van der Waals surface area contributed by atoms with Crippen LogP contribution in [0.15, 0.2) is 0 Å². The second-order valence-corrected chi connectivity index (χ2v) is 4.02. The van der Waals surface area contributed by atoms with E-state index in [1.807, 2.05) is 13.8 Å². The molecule has 1 aliphatic heterocycles. The van der Waals surface area contributed by atoms with Crippen LogP contribution in [0, 0.1) is 5.92 Å². The molecule has 0 aromatic rings. The van der Waals surface area contributed by atoms with Crippen molar-refractivity contribution in [3.05, 3.63) is 0 Å². The molecule has 1 heterocycles. The van der Waals surface area contributed by atoms with Gasteiger partial charge in [0.05, 0.1) is 31.8 Å². The van der Waals surface area contributed by atoms with Gasteiger partial charge in [-0.25, -0.2) is 0 Å². The van der Waals surface area contributed by atoms with Crippen molar-refractivity contribution in [2.75, 3.05) is 26.4 Å². The maximum atomic E-state index is 11.6. The van der Waals surface area contributed by atoms with Gasteiger partial charge in [-0.3, -0.25) is 4.79 Å². The summed E-state index contributed by atoms with van der Waals surface area (Å²) in [5, 5.41) is 2.79. The Bertz CT molecular complexity index is 209. The third kappa shape index (κ3) is 4.15. The number of rotatable bonds is 5. The second-order valence-electron chi connectivity index (χ2n) is 4.02. The molecule has 0 spiro atoms.